The molecule has 1 saturated heterocycles. The second kappa shape index (κ2) is 22.1. The number of aliphatic hydroxyl groups is 1. The number of imide groups is 1. The van der Waals surface area contributed by atoms with Gasteiger partial charge in [-0.1, -0.05) is 65.8 Å². The first-order chi connectivity index (χ1) is 33.7. The maximum absolute atomic E-state index is 13.9. The number of likely N-dealkylation sites (tertiary alicyclic amines) is 1. The van der Waals surface area contributed by atoms with Crippen molar-refractivity contribution in [1.29, 1.82) is 0 Å². The first-order valence-corrected chi connectivity index (χ1v) is 25.2. The predicted molar refractivity (Wildman–Crippen MR) is 261 cm³/mol. The summed E-state index contributed by atoms with van der Waals surface area (Å²) >= 11 is 1.03. The van der Waals surface area contributed by atoms with E-state index in [0.717, 1.165) is 27.0 Å². The van der Waals surface area contributed by atoms with Crippen LogP contribution in [0.1, 0.15) is 90.6 Å². The second-order valence-electron chi connectivity index (χ2n) is 19.3. The van der Waals surface area contributed by atoms with E-state index in [0.29, 0.717) is 4.90 Å². The summed E-state index contributed by atoms with van der Waals surface area (Å²) in [5.74, 6) is -6.65. The van der Waals surface area contributed by atoms with Gasteiger partial charge >= 0.3 is 17.6 Å². The molecule has 2 atom stereocenters. The quantitative estimate of drug-likeness (QED) is 0.0454. The van der Waals surface area contributed by atoms with Crippen molar-refractivity contribution in [1.82, 2.24) is 28.6 Å². The van der Waals surface area contributed by atoms with Crippen LogP contribution in [0.5, 0.6) is 11.5 Å². The van der Waals surface area contributed by atoms with Crippen LogP contribution in [-0.4, -0.2) is 113 Å². The number of hydrogen-bond acceptors (Lipinski definition) is 19. The highest BCUT2D eigenvalue weighted by Gasteiger charge is 2.44. The molecule has 0 radical (unpaired) electrons. The van der Waals surface area contributed by atoms with E-state index in [4.69, 9.17) is 23.8 Å². The highest BCUT2D eigenvalue weighted by atomic mass is 32.2. The van der Waals surface area contributed by atoms with Gasteiger partial charge in [0, 0.05) is 24.4 Å². The Hall–Kier alpha value is -7.11. The zero-order valence-electron chi connectivity index (χ0n) is 41.3. The lowest BCUT2D eigenvalue weighted by atomic mass is 9.91. The number of β-lactam (4-membered cyclic amide) rings is 1. The van der Waals surface area contributed by atoms with Gasteiger partial charge in [0.2, 0.25) is 17.4 Å². The summed E-state index contributed by atoms with van der Waals surface area (Å²) in [7, 11) is -4.95. The fraction of sp³-hybridized carbons (Fsp3) is 0.429. The number of pyridine rings is 1. The lowest BCUT2D eigenvalue weighted by Crippen LogP contribution is -2.57. The van der Waals surface area contributed by atoms with Crippen LogP contribution in [-0.2, 0) is 74.5 Å². The molecular formula is C49H57N7O14S2. The first-order valence-electron chi connectivity index (χ1n) is 22.7. The Morgan fingerprint density at radius 2 is 1.47 bits per heavy atom. The van der Waals surface area contributed by atoms with Crippen LogP contribution in [0.4, 0.5) is 0 Å². The molecule has 6 rings (SSSR count). The third-order valence-corrected chi connectivity index (χ3v) is 12.4. The molecule has 1 fully saturated rings. The summed E-state index contributed by atoms with van der Waals surface area (Å²) in [6.45, 7) is 13.6. The van der Waals surface area contributed by atoms with E-state index in [9.17, 15) is 42.3 Å². The molecule has 5 aromatic rings. The van der Waals surface area contributed by atoms with Crippen LogP contribution in [0.2, 0.25) is 0 Å². The molecule has 23 heteroatoms. The van der Waals surface area contributed by atoms with E-state index in [1.165, 1.54) is 38.4 Å². The summed E-state index contributed by atoms with van der Waals surface area (Å²) in [6, 6.07) is 20.0. The number of Topliss-reactive ketones (excluding diaryl/α,β-unsaturated/α-hetero) is 1. The number of rotatable bonds is 21. The normalized spacial score (nSPS) is 14.8. The van der Waals surface area contributed by atoms with Crippen LogP contribution < -0.4 is 15.2 Å². The van der Waals surface area contributed by atoms with Crippen molar-refractivity contribution in [3.8, 4) is 23.0 Å². The zero-order valence-corrected chi connectivity index (χ0v) is 42.9. The molecule has 0 saturated carbocycles. The minimum atomic E-state index is -4.95. The Morgan fingerprint density at radius 3 is 2.04 bits per heavy atom. The number of ether oxygens (including phenoxy) is 4. The van der Waals surface area contributed by atoms with Gasteiger partial charge < -0.3 is 28.9 Å². The predicted octanol–water partition coefficient (Wildman–Crippen LogP) is 4.65. The minimum Gasteiger partial charge on any atom is -0.485 e. The third kappa shape index (κ3) is 14.3. The molecule has 2 aromatic carbocycles. The molecule has 1 aliphatic rings. The molecule has 0 unspecified atom stereocenters. The first kappa shape index (κ1) is 54.2. The Labute approximate surface area is 419 Å². The van der Waals surface area contributed by atoms with Crippen molar-refractivity contribution in [2.24, 2.45) is 11.1 Å². The molecule has 0 aliphatic carbocycles. The van der Waals surface area contributed by atoms with Crippen molar-refractivity contribution in [3.63, 3.8) is 0 Å². The number of nitrogens with zero attached hydrogens (tertiary/aromatic N) is 7. The van der Waals surface area contributed by atoms with Gasteiger partial charge in [0.1, 0.15) is 40.8 Å². The number of esters is 2. The number of carbonyl (C=O) groups is 5. The van der Waals surface area contributed by atoms with Crippen molar-refractivity contribution < 1.29 is 61.3 Å². The largest absolute Gasteiger partial charge is 0.485 e. The fourth-order valence-electron chi connectivity index (χ4n) is 6.74. The number of amides is 2. The maximum Gasteiger partial charge on any atom is 0.360 e. The number of benzene rings is 2. The number of hydrogen-bond donors (Lipinski definition) is 1. The van der Waals surface area contributed by atoms with Crippen molar-refractivity contribution in [2.45, 2.75) is 118 Å². The average molecular weight is 1030 g/mol. The number of aromatic nitrogens is 5. The van der Waals surface area contributed by atoms with E-state index in [-0.39, 0.29) is 64.0 Å². The van der Waals surface area contributed by atoms with Gasteiger partial charge in [0.15, 0.2) is 34.6 Å². The zero-order chi connectivity index (χ0) is 52.8. The van der Waals surface area contributed by atoms with Gasteiger partial charge in [0.25, 0.3) is 10.0 Å². The van der Waals surface area contributed by atoms with Gasteiger partial charge in [0.05, 0.1) is 31.2 Å². The molecule has 1 N–H and O–H groups in total. The van der Waals surface area contributed by atoms with Crippen LogP contribution >= 0.6 is 11.3 Å². The molecule has 1 aliphatic heterocycles. The lowest BCUT2D eigenvalue weighted by molar-refractivity contribution is -0.179. The highest BCUT2D eigenvalue weighted by molar-refractivity contribution is 7.90. The van der Waals surface area contributed by atoms with Gasteiger partial charge in [-0.25, -0.2) is 28.0 Å². The minimum absolute atomic E-state index is 0.0346. The number of oxime groups is 1. The highest BCUT2D eigenvalue weighted by Crippen LogP contribution is 2.32. The van der Waals surface area contributed by atoms with Crippen LogP contribution in [0.3, 0.4) is 0 Å². The second-order valence-corrected chi connectivity index (χ2v) is 22.1. The molecule has 384 valence electrons. The molecule has 2 amide bonds. The molecule has 72 heavy (non-hydrogen) atoms. The summed E-state index contributed by atoms with van der Waals surface area (Å²) in [4.78, 5) is 95.2. The number of carbonyl (C=O) groups excluding carboxylic acids is 5. The smallest absolute Gasteiger partial charge is 0.360 e. The Kier molecular flexibility index (Phi) is 16.7. The molecule has 4 heterocycles. The van der Waals surface area contributed by atoms with Crippen molar-refractivity contribution in [2.75, 3.05) is 12.3 Å². The summed E-state index contributed by atoms with van der Waals surface area (Å²) < 4.78 is 51.7. The molecule has 21 nitrogen and oxygen atoms in total. The Bertz CT molecular complexity index is 3010. The van der Waals surface area contributed by atoms with Crippen molar-refractivity contribution in [3.05, 3.63) is 111 Å². The van der Waals surface area contributed by atoms with E-state index in [1.54, 1.807) is 41.5 Å². The Morgan fingerprint density at radius 1 is 0.875 bits per heavy atom. The standard InChI is InChI=1S/C49H57N7O14S2/c1-30(57)24-55-43(34-21-37(66-26-31-16-12-10-13-17-31)38(23-50-34)67-27-32-18-14-11-15-19-32)52-56(46(55)63)72(64,65)29-40(59)54-25-33(44(54)61)20-36(58)42(53-70-49(8,9)45(62)69-48(5,6)7)35-28-71-39(51-35)22-41(60)68-47(2,3)4/h10-19,21,23,28,30,33,57H,20,22,24-27,29H2,1-9H3/b53-42-/t30-,33-/m0/s1. The fourth-order valence-corrected chi connectivity index (χ4v) is 8.64. The van der Waals surface area contributed by atoms with Crippen LogP contribution in [0.25, 0.3) is 11.5 Å². The molecule has 0 spiro atoms. The molecule has 0 bridgehead atoms. The summed E-state index contributed by atoms with van der Waals surface area (Å²) in [6.07, 6.45) is -0.622. The van der Waals surface area contributed by atoms with Crippen LogP contribution in [0.15, 0.2) is 88.3 Å². The van der Waals surface area contributed by atoms with E-state index in [2.05, 4.69) is 20.2 Å². The van der Waals surface area contributed by atoms with Gasteiger partial charge in [-0.3, -0.25) is 28.6 Å². The average Bonchev–Trinajstić information content (AvgIpc) is 3.88. The summed E-state index contributed by atoms with van der Waals surface area (Å²) in [5.41, 5.74) is -3.38. The van der Waals surface area contributed by atoms with E-state index < -0.39 is 98.5 Å². The van der Waals surface area contributed by atoms with E-state index in [1.807, 2.05) is 60.7 Å². The number of thiazole rings is 1. The van der Waals surface area contributed by atoms with Gasteiger partial charge in [-0.2, -0.15) is 0 Å². The molecular weight excluding hydrogens is 975 g/mol. The number of ketones is 1. The van der Waals surface area contributed by atoms with E-state index >= 15 is 0 Å². The topological polar surface area (TPSA) is 267 Å². The monoisotopic (exact) mass is 1030 g/mol. The van der Waals surface area contributed by atoms with Gasteiger partial charge in [-0.05, 0) is 73.4 Å². The molecule has 3 aromatic heterocycles. The summed E-state index contributed by atoms with van der Waals surface area (Å²) in [5, 5.41) is 20.2. The third-order valence-electron chi connectivity index (χ3n) is 10.2. The van der Waals surface area contributed by atoms with Gasteiger partial charge in [-0.15, -0.1) is 20.5 Å². The number of aliphatic hydroxyl groups excluding tert-OH is 1. The van der Waals surface area contributed by atoms with Crippen LogP contribution in [0, 0.1) is 5.92 Å². The van der Waals surface area contributed by atoms with Crippen molar-refractivity contribution >= 4 is 56.6 Å². The Balaban J connectivity index is 1.20. The maximum atomic E-state index is 13.9. The lowest BCUT2D eigenvalue weighted by Gasteiger charge is -2.36. The SMILES string of the molecule is C[C@H](O)Cn1c(-c2cc(OCc3ccccc3)c(OCc3ccccc3)cn2)nn(S(=O)(=O)CC(=O)N2C[C@H](CC(=O)/C(=N\OC(C)(C)C(=O)OC(C)(C)C)c3csc(CC(=O)OC(C)(C)C)n3)C2=O)c1=O.